The number of hydrogen-bond acceptors (Lipinski definition) is 5. The van der Waals surface area contributed by atoms with Crippen molar-refractivity contribution in [2.45, 2.75) is 25.4 Å². The van der Waals surface area contributed by atoms with E-state index < -0.39 is 0 Å². The van der Waals surface area contributed by atoms with Gasteiger partial charge in [-0.3, -0.25) is 4.79 Å². The van der Waals surface area contributed by atoms with Gasteiger partial charge in [-0.2, -0.15) is 15.0 Å². The molecule has 0 radical (unpaired) electrons. The summed E-state index contributed by atoms with van der Waals surface area (Å²) >= 11 is 0. The molecule has 1 amide bonds. The van der Waals surface area contributed by atoms with E-state index in [-0.39, 0.29) is 18.5 Å². The van der Waals surface area contributed by atoms with Crippen LogP contribution < -0.4 is 0 Å². The first-order chi connectivity index (χ1) is 11.3. The highest BCUT2D eigenvalue weighted by Crippen LogP contribution is 2.21. The van der Waals surface area contributed by atoms with E-state index in [9.17, 15) is 4.79 Å². The summed E-state index contributed by atoms with van der Waals surface area (Å²) in [5.41, 5.74) is 1.69. The molecule has 8 nitrogen and oxygen atoms in total. The van der Waals surface area contributed by atoms with E-state index in [0.29, 0.717) is 0 Å². The normalized spacial score (nSPS) is 16.1. The van der Waals surface area contributed by atoms with Crippen LogP contribution in [0.25, 0.3) is 11.0 Å². The molecule has 0 atom stereocenters. The van der Waals surface area contributed by atoms with Crippen LogP contribution in [0.1, 0.15) is 18.9 Å². The summed E-state index contributed by atoms with van der Waals surface area (Å²) in [4.78, 5) is 16.1. The highest BCUT2D eigenvalue weighted by molar-refractivity contribution is 5.79. The monoisotopic (exact) mass is 311 g/mol. The van der Waals surface area contributed by atoms with Crippen LogP contribution in [0.3, 0.4) is 0 Å². The Morgan fingerprint density at radius 2 is 1.87 bits per heavy atom. The molecule has 3 aromatic rings. The highest BCUT2D eigenvalue weighted by Gasteiger charge is 2.25. The van der Waals surface area contributed by atoms with Gasteiger partial charge in [0.05, 0.1) is 24.0 Å². The number of benzene rings is 1. The zero-order chi connectivity index (χ0) is 15.6. The number of rotatable bonds is 3. The zero-order valence-corrected chi connectivity index (χ0v) is 12.6. The maximum Gasteiger partial charge on any atom is 0.244 e. The summed E-state index contributed by atoms with van der Waals surface area (Å²) in [7, 11) is 0. The molecule has 1 aliphatic rings. The first kappa shape index (κ1) is 13.9. The molecule has 0 bridgehead atoms. The fourth-order valence-corrected chi connectivity index (χ4v) is 3.02. The van der Waals surface area contributed by atoms with Crippen molar-refractivity contribution in [3.05, 3.63) is 36.7 Å². The van der Waals surface area contributed by atoms with Gasteiger partial charge in [0.2, 0.25) is 5.91 Å². The van der Waals surface area contributed by atoms with E-state index in [0.717, 1.165) is 37.0 Å². The van der Waals surface area contributed by atoms with Gasteiger partial charge in [-0.05, 0) is 25.0 Å². The van der Waals surface area contributed by atoms with Crippen LogP contribution in [0.4, 0.5) is 0 Å². The third-order valence-corrected chi connectivity index (χ3v) is 4.29. The fraction of sp³-hybridized carbons (Fsp3) is 0.400. The van der Waals surface area contributed by atoms with Crippen molar-refractivity contribution >= 4 is 16.9 Å². The van der Waals surface area contributed by atoms with Crippen LogP contribution in [0.2, 0.25) is 0 Å². The van der Waals surface area contributed by atoms with Crippen molar-refractivity contribution in [2.75, 3.05) is 13.1 Å². The number of aromatic nitrogens is 6. The first-order valence-corrected chi connectivity index (χ1v) is 7.73. The lowest BCUT2D eigenvalue weighted by Gasteiger charge is -2.31. The van der Waals surface area contributed by atoms with Gasteiger partial charge in [-0.15, -0.1) is 5.10 Å². The molecule has 1 saturated heterocycles. The van der Waals surface area contributed by atoms with Crippen LogP contribution in [0.5, 0.6) is 0 Å². The van der Waals surface area contributed by atoms with Crippen LogP contribution in [-0.4, -0.2) is 53.9 Å². The van der Waals surface area contributed by atoms with Gasteiger partial charge in [-0.1, -0.05) is 17.3 Å². The molecule has 1 aromatic carbocycles. The van der Waals surface area contributed by atoms with Gasteiger partial charge in [0.1, 0.15) is 12.1 Å². The van der Waals surface area contributed by atoms with E-state index >= 15 is 0 Å². The maximum absolute atomic E-state index is 12.5. The number of carbonyl (C=O) groups is 1. The summed E-state index contributed by atoms with van der Waals surface area (Å²) in [6.07, 6.45) is 5.12. The molecule has 0 aliphatic carbocycles. The number of carbonyl (C=O) groups excluding carboxylic acids is 1. The average Bonchev–Trinajstić information content (AvgIpc) is 3.25. The van der Waals surface area contributed by atoms with Gasteiger partial charge >= 0.3 is 0 Å². The molecule has 4 rings (SSSR count). The smallest absolute Gasteiger partial charge is 0.244 e. The Morgan fingerprint density at radius 1 is 1.13 bits per heavy atom. The summed E-state index contributed by atoms with van der Waals surface area (Å²) in [5.74, 6) is 0.0764. The fourth-order valence-electron chi connectivity index (χ4n) is 3.02. The molecule has 118 valence electrons. The lowest BCUT2D eigenvalue weighted by Crippen LogP contribution is -2.41. The van der Waals surface area contributed by atoms with Gasteiger partial charge in [0.25, 0.3) is 0 Å². The van der Waals surface area contributed by atoms with Crippen molar-refractivity contribution < 1.29 is 4.79 Å². The standard InChI is InChI=1S/C15H17N7O/c23-15(11-21-14-4-2-1-3-13(14)18-19-21)20-9-5-12(6-10-20)22-16-7-8-17-22/h1-4,7-8,12H,5-6,9-11H2. The minimum Gasteiger partial charge on any atom is -0.341 e. The number of hydrogen-bond donors (Lipinski definition) is 0. The van der Waals surface area contributed by atoms with Crippen molar-refractivity contribution in [2.24, 2.45) is 0 Å². The van der Waals surface area contributed by atoms with Crippen molar-refractivity contribution in [1.29, 1.82) is 0 Å². The second-order valence-corrected chi connectivity index (χ2v) is 5.70. The van der Waals surface area contributed by atoms with Gasteiger partial charge in [0, 0.05) is 13.1 Å². The highest BCUT2D eigenvalue weighted by atomic mass is 16.2. The minimum absolute atomic E-state index is 0.0764. The maximum atomic E-state index is 12.5. The Kier molecular flexibility index (Phi) is 3.49. The molecule has 1 aliphatic heterocycles. The van der Waals surface area contributed by atoms with Crippen LogP contribution >= 0.6 is 0 Å². The number of piperidine rings is 1. The summed E-state index contributed by atoms with van der Waals surface area (Å²) in [6, 6.07) is 7.94. The summed E-state index contributed by atoms with van der Waals surface area (Å²) in [6.45, 7) is 1.67. The third-order valence-electron chi connectivity index (χ3n) is 4.29. The Balaban J connectivity index is 1.40. The van der Waals surface area contributed by atoms with E-state index in [4.69, 9.17) is 0 Å². The molecule has 0 unspecified atom stereocenters. The molecule has 23 heavy (non-hydrogen) atoms. The van der Waals surface area contributed by atoms with E-state index in [1.165, 1.54) is 0 Å². The molecule has 0 spiro atoms. The molecule has 8 heteroatoms. The Morgan fingerprint density at radius 3 is 2.65 bits per heavy atom. The Hall–Kier alpha value is -2.77. The van der Waals surface area contributed by atoms with E-state index in [2.05, 4.69) is 20.5 Å². The second-order valence-electron chi connectivity index (χ2n) is 5.70. The average molecular weight is 311 g/mol. The lowest BCUT2D eigenvalue weighted by atomic mass is 10.1. The third kappa shape index (κ3) is 2.67. The Bertz CT molecular complexity index is 802. The minimum atomic E-state index is 0.0764. The van der Waals surface area contributed by atoms with Crippen LogP contribution in [0, 0.1) is 0 Å². The van der Waals surface area contributed by atoms with E-state index in [1.54, 1.807) is 21.9 Å². The largest absolute Gasteiger partial charge is 0.341 e. The zero-order valence-electron chi connectivity index (χ0n) is 12.6. The number of amides is 1. The topological polar surface area (TPSA) is 81.7 Å². The predicted molar refractivity (Wildman–Crippen MR) is 82.4 cm³/mol. The molecule has 0 N–H and O–H groups in total. The second kappa shape index (κ2) is 5.79. The summed E-state index contributed by atoms with van der Waals surface area (Å²) in [5, 5.41) is 16.5. The number of para-hydroxylation sites is 1. The van der Waals surface area contributed by atoms with Crippen molar-refractivity contribution in [3.8, 4) is 0 Å². The quantitative estimate of drug-likeness (QED) is 0.717. The predicted octanol–water partition coefficient (Wildman–Crippen LogP) is 0.886. The van der Waals surface area contributed by atoms with E-state index in [1.807, 2.05) is 29.2 Å². The van der Waals surface area contributed by atoms with Crippen molar-refractivity contribution in [3.63, 3.8) is 0 Å². The molecule has 2 aromatic heterocycles. The molecular formula is C15H17N7O. The first-order valence-electron chi connectivity index (χ1n) is 7.73. The van der Waals surface area contributed by atoms with Gasteiger partial charge in [-0.25, -0.2) is 4.68 Å². The van der Waals surface area contributed by atoms with Crippen LogP contribution in [-0.2, 0) is 11.3 Å². The van der Waals surface area contributed by atoms with Crippen molar-refractivity contribution in [1.82, 2.24) is 34.9 Å². The molecule has 0 saturated carbocycles. The molecule has 1 fully saturated rings. The lowest BCUT2D eigenvalue weighted by molar-refractivity contribution is -0.133. The Labute approximate surface area is 132 Å². The molecular weight excluding hydrogens is 294 g/mol. The van der Waals surface area contributed by atoms with Gasteiger partial charge in [0.15, 0.2) is 0 Å². The SMILES string of the molecule is O=C(Cn1nnc2ccccc21)N1CCC(n2nccn2)CC1. The number of nitrogens with zero attached hydrogens (tertiary/aromatic N) is 7. The molecule has 3 heterocycles. The number of likely N-dealkylation sites (tertiary alicyclic amines) is 1. The summed E-state index contributed by atoms with van der Waals surface area (Å²) < 4.78 is 1.67. The van der Waals surface area contributed by atoms with Gasteiger partial charge < -0.3 is 4.90 Å². The number of fused-ring (bicyclic) bond motifs is 1. The van der Waals surface area contributed by atoms with Crippen LogP contribution in [0.15, 0.2) is 36.7 Å².